The SMILES string of the molecule is Cc1ccc(C2(O)CCN(C(=O)CCOc3ccccc3C)CC2)nc1. The van der Waals surface area contributed by atoms with Crippen molar-refractivity contribution in [2.75, 3.05) is 19.7 Å². The van der Waals surface area contributed by atoms with Crippen molar-refractivity contribution in [3.05, 3.63) is 59.4 Å². The van der Waals surface area contributed by atoms with Gasteiger partial charge in [0, 0.05) is 19.3 Å². The first-order valence-corrected chi connectivity index (χ1v) is 9.10. The minimum absolute atomic E-state index is 0.0671. The Balaban J connectivity index is 1.49. The van der Waals surface area contributed by atoms with E-state index in [4.69, 9.17) is 4.74 Å². The van der Waals surface area contributed by atoms with Gasteiger partial charge in [-0.1, -0.05) is 24.3 Å². The van der Waals surface area contributed by atoms with Crippen molar-refractivity contribution in [3.8, 4) is 5.75 Å². The highest BCUT2D eigenvalue weighted by molar-refractivity contribution is 5.76. The largest absolute Gasteiger partial charge is 0.493 e. The molecule has 1 aliphatic rings. The Morgan fingerprint density at radius 2 is 1.92 bits per heavy atom. The summed E-state index contributed by atoms with van der Waals surface area (Å²) in [5.74, 6) is 0.885. The zero-order valence-electron chi connectivity index (χ0n) is 15.4. The molecule has 0 spiro atoms. The number of benzene rings is 1. The van der Waals surface area contributed by atoms with Crippen LogP contribution in [-0.4, -0.2) is 40.6 Å². The first kappa shape index (κ1) is 18.4. The Labute approximate surface area is 154 Å². The predicted octanol–water partition coefficient (Wildman–Crippen LogP) is 2.98. The maximum atomic E-state index is 12.4. The van der Waals surface area contributed by atoms with Crippen LogP contribution < -0.4 is 4.74 Å². The number of carbonyl (C=O) groups is 1. The van der Waals surface area contributed by atoms with Crippen LogP contribution in [0.2, 0.25) is 0 Å². The number of hydrogen-bond acceptors (Lipinski definition) is 4. The summed E-state index contributed by atoms with van der Waals surface area (Å²) in [7, 11) is 0. The number of aryl methyl sites for hydroxylation is 2. The summed E-state index contributed by atoms with van der Waals surface area (Å²) in [6.45, 7) is 5.40. The first-order valence-electron chi connectivity index (χ1n) is 9.10. The van der Waals surface area contributed by atoms with E-state index in [1.165, 1.54) is 0 Å². The summed E-state index contributed by atoms with van der Waals surface area (Å²) in [6.07, 6.45) is 3.13. The number of ether oxygens (including phenoxy) is 1. The monoisotopic (exact) mass is 354 g/mol. The Morgan fingerprint density at radius 3 is 2.58 bits per heavy atom. The molecule has 1 aromatic carbocycles. The van der Waals surface area contributed by atoms with Crippen molar-refractivity contribution < 1.29 is 14.6 Å². The Morgan fingerprint density at radius 1 is 1.19 bits per heavy atom. The maximum Gasteiger partial charge on any atom is 0.226 e. The molecular formula is C21H26N2O3. The highest BCUT2D eigenvalue weighted by Gasteiger charge is 2.36. The molecule has 138 valence electrons. The molecule has 0 atom stereocenters. The highest BCUT2D eigenvalue weighted by Crippen LogP contribution is 2.31. The van der Waals surface area contributed by atoms with Crippen LogP contribution in [0.1, 0.15) is 36.1 Å². The van der Waals surface area contributed by atoms with E-state index >= 15 is 0 Å². The number of piperidine rings is 1. The molecule has 0 unspecified atom stereocenters. The molecule has 2 heterocycles. The zero-order chi connectivity index (χ0) is 18.6. The van der Waals surface area contributed by atoms with Crippen molar-refractivity contribution >= 4 is 5.91 Å². The van der Waals surface area contributed by atoms with Crippen LogP contribution in [0, 0.1) is 13.8 Å². The standard InChI is InChI=1S/C21H26N2O3/c1-16-7-8-19(22-15-16)21(25)10-12-23(13-11-21)20(24)9-14-26-18-6-4-3-5-17(18)2/h3-8,15,25H,9-14H2,1-2H3. The quantitative estimate of drug-likeness (QED) is 0.897. The second-order valence-electron chi connectivity index (χ2n) is 7.00. The van der Waals surface area contributed by atoms with E-state index in [9.17, 15) is 9.90 Å². The number of pyridine rings is 1. The lowest BCUT2D eigenvalue weighted by molar-refractivity contribution is -0.136. The number of likely N-dealkylation sites (tertiary alicyclic amines) is 1. The van der Waals surface area contributed by atoms with Gasteiger partial charge in [-0.3, -0.25) is 9.78 Å². The van der Waals surface area contributed by atoms with Gasteiger partial charge in [0.05, 0.1) is 18.7 Å². The van der Waals surface area contributed by atoms with Gasteiger partial charge in [0.15, 0.2) is 0 Å². The van der Waals surface area contributed by atoms with E-state index in [-0.39, 0.29) is 5.91 Å². The zero-order valence-corrected chi connectivity index (χ0v) is 15.4. The molecule has 0 radical (unpaired) electrons. The molecule has 0 saturated carbocycles. The van der Waals surface area contributed by atoms with E-state index < -0.39 is 5.60 Å². The third-order valence-corrected chi connectivity index (χ3v) is 5.00. The van der Waals surface area contributed by atoms with Crippen LogP contribution in [0.4, 0.5) is 0 Å². The van der Waals surface area contributed by atoms with Gasteiger partial charge >= 0.3 is 0 Å². The molecule has 2 aromatic rings. The summed E-state index contributed by atoms with van der Waals surface area (Å²) < 4.78 is 5.71. The Hall–Kier alpha value is -2.40. The lowest BCUT2D eigenvalue weighted by Gasteiger charge is -2.37. The number of carbonyl (C=O) groups excluding carboxylic acids is 1. The molecule has 0 bridgehead atoms. The summed E-state index contributed by atoms with van der Waals surface area (Å²) >= 11 is 0. The van der Waals surface area contributed by atoms with Crippen LogP contribution >= 0.6 is 0 Å². The fourth-order valence-corrected chi connectivity index (χ4v) is 3.25. The van der Waals surface area contributed by atoms with Gasteiger partial charge < -0.3 is 14.7 Å². The van der Waals surface area contributed by atoms with Gasteiger partial charge in [-0.15, -0.1) is 0 Å². The normalized spacial score (nSPS) is 16.3. The third kappa shape index (κ3) is 4.22. The van der Waals surface area contributed by atoms with Crippen LogP contribution in [-0.2, 0) is 10.4 Å². The summed E-state index contributed by atoms with van der Waals surface area (Å²) in [5, 5.41) is 10.9. The van der Waals surface area contributed by atoms with E-state index in [1.54, 1.807) is 6.20 Å². The molecule has 5 nitrogen and oxygen atoms in total. The molecule has 0 aliphatic carbocycles. The molecule has 26 heavy (non-hydrogen) atoms. The lowest BCUT2D eigenvalue weighted by Crippen LogP contribution is -2.45. The average molecular weight is 354 g/mol. The average Bonchev–Trinajstić information content (AvgIpc) is 2.64. The van der Waals surface area contributed by atoms with E-state index in [1.807, 2.05) is 55.1 Å². The lowest BCUT2D eigenvalue weighted by atomic mass is 9.87. The number of para-hydroxylation sites is 1. The van der Waals surface area contributed by atoms with Gasteiger partial charge in [-0.05, 0) is 49.9 Å². The third-order valence-electron chi connectivity index (χ3n) is 5.00. The topological polar surface area (TPSA) is 62.7 Å². The number of aliphatic hydroxyl groups is 1. The van der Waals surface area contributed by atoms with Gasteiger partial charge in [0.25, 0.3) is 0 Å². The van der Waals surface area contributed by atoms with Gasteiger partial charge in [-0.25, -0.2) is 0 Å². The number of hydrogen-bond donors (Lipinski definition) is 1. The van der Waals surface area contributed by atoms with E-state index in [0.29, 0.717) is 44.7 Å². The molecule has 1 N–H and O–H groups in total. The van der Waals surface area contributed by atoms with Crippen molar-refractivity contribution in [2.45, 2.75) is 38.7 Å². The minimum atomic E-state index is -0.942. The molecule has 1 aromatic heterocycles. The molecule has 1 amide bonds. The molecule has 3 rings (SSSR count). The van der Waals surface area contributed by atoms with E-state index in [2.05, 4.69) is 4.98 Å². The smallest absolute Gasteiger partial charge is 0.226 e. The fraction of sp³-hybridized carbons (Fsp3) is 0.429. The van der Waals surface area contributed by atoms with Crippen LogP contribution in [0.5, 0.6) is 5.75 Å². The summed E-state index contributed by atoms with van der Waals surface area (Å²) in [4.78, 5) is 18.6. The van der Waals surface area contributed by atoms with Crippen LogP contribution in [0.3, 0.4) is 0 Å². The molecular weight excluding hydrogens is 328 g/mol. The van der Waals surface area contributed by atoms with Crippen LogP contribution in [0.15, 0.2) is 42.6 Å². The molecule has 1 aliphatic heterocycles. The maximum absolute atomic E-state index is 12.4. The number of nitrogens with zero attached hydrogens (tertiary/aromatic N) is 2. The second kappa shape index (κ2) is 7.87. The predicted molar refractivity (Wildman–Crippen MR) is 100.0 cm³/mol. The summed E-state index contributed by atoms with van der Waals surface area (Å²) in [6, 6.07) is 11.6. The molecule has 5 heteroatoms. The minimum Gasteiger partial charge on any atom is -0.493 e. The van der Waals surface area contributed by atoms with Crippen molar-refractivity contribution in [1.29, 1.82) is 0 Å². The highest BCUT2D eigenvalue weighted by atomic mass is 16.5. The number of amides is 1. The Bertz CT molecular complexity index is 750. The van der Waals surface area contributed by atoms with Crippen molar-refractivity contribution in [2.24, 2.45) is 0 Å². The summed E-state index contributed by atoms with van der Waals surface area (Å²) in [5.41, 5.74) is 1.88. The second-order valence-corrected chi connectivity index (χ2v) is 7.00. The van der Waals surface area contributed by atoms with Gasteiger partial charge in [0.1, 0.15) is 11.4 Å². The van der Waals surface area contributed by atoms with Gasteiger partial charge in [0.2, 0.25) is 5.91 Å². The van der Waals surface area contributed by atoms with Crippen molar-refractivity contribution in [3.63, 3.8) is 0 Å². The molecule has 1 saturated heterocycles. The Kier molecular flexibility index (Phi) is 5.57. The first-order chi connectivity index (χ1) is 12.5. The van der Waals surface area contributed by atoms with E-state index in [0.717, 1.165) is 16.9 Å². The number of rotatable bonds is 5. The number of aromatic nitrogens is 1. The fourth-order valence-electron chi connectivity index (χ4n) is 3.25. The molecule has 1 fully saturated rings. The van der Waals surface area contributed by atoms with Gasteiger partial charge in [-0.2, -0.15) is 0 Å². The van der Waals surface area contributed by atoms with Crippen molar-refractivity contribution in [1.82, 2.24) is 9.88 Å². The van der Waals surface area contributed by atoms with Crippen LogP contribution in [0.25, 0.3) is 0 Å².